The van der Waals surface area contributed by atoms with Gasteiger partial charge in [0.2, 0.25) is 0 Å². The molecule has 0 fully saturated rings. The second kappa shape index (κ2) is 13.7. The van der Waals surface area contributed by atoms with Crippen LogP contribution in [0.2, 0.25) is 0 Å². The molecule has 1 heterocycles. The van der Waals surface area contributed by atoms with E-state index in [0.29, 0.717) is 0 Å². The quantitative estimate of drug-likeness (QED) is 0.238. The highest BCUT2D eigenvalue weighted by atomic mass is 16.5. The van der Waals surface area contributed by atoms with Gasteiger partial charge in [0.1, 0.15) is 5.75 Å². The first-order valence-electron chi connectivity index (χ1n) is 12.5. The van der Waals surface area contributed by atoms with Gasteiger partial charge in [0, 0.05) is 17.3 Å². The molecule has 0 radical (unpaired) electrons. The molecule has 0 aliphatic carbocycles. The van der Waals surface area contributed by atoms with Gasteiger partial charge in [-0.15, -0.1) is 0 Å². The lowest BCUT2D eigenvalue weighted by molar-refractivity contribution is 0.304. The second-order valence-electron chi connectivity index (χ2n) is 8.85. The summed E-state index contributed by atoms with van der Waals surface area (Å²) in [6, 6.07) is 21.1. The van der Waals surface area contributed by atoms with E-state index < -0.39 is 0 Å². The van der Waals surface area contributed by atoms with E-state index in [2.05, 4.69) is 79.5 Å². The maximum atomic E-state index is 5.94. The Morgan fingerprint density at radius 3 is 1.75 bits per heavy atom. The molecule has 1 aromatic heterocycles. The number of unbranched alkanes of at least 4 members (excludes halogenated alkanes) is 9. The van der Waals surface area contributed by atoms with Crippen molar-refractivity contribution < 1.29 is 4.74 Å². The van der Waals surface area contributed by atoms with E-state index in [4.69, 9.17) is 4.74 Å². The van der Waals surface area contributed by atoms with Crippen LogP contribution >= 0.6 is 0 Å². The van der Waals surface area contributed by atoms with Crippen LogP contribution in [-0.4, -0.2) is 11.6 Å². The van der Waals surface area contributed by atoms with Gasteiger partial charge < -0.3 is 4.74 Å². The van der Waals surface area contributed by atoms with E-state index in [1.165, 1.54) is 68.9 Å². The van der Waals surface area contributed by atoms with Crippen LogP contribution in [0.5, 0.6) is 5.75 Å². The minimum Gasteiger partial charge on any atom is -0.494 e. The van der Waals surface area contributed by atoms with Crippen LogP contribution in [0.4, 0.5) is 0 Å². The Kier molecular flexibility index (Phi) is 10.3. The molecule has 3 aromatic rings. The number of aryl methyl sites for hydroxylation is 1. The second-order valence-corrected chi connectivity index (χ2v) is 8.85. The van der Waals surface area contributed by atoms with Gasteiger partial charge in [-0.3, -0.25) is 4.98 Å². The summed E-state index contributed by atoms with van der Waals surface area (Å²) >= 11 is 0. The molecule has 0 saturated heterocycles. The number of benzene rings is 2. The number of hydrogen-bond donors (Lipinski definition) is 0. The van der Waals surface area contributed by atoms with Crippen LogP contribution < -0.4 is 4.74 Å². The number of pyridine rings is 1. The first kappa shape index (κ1) is 24.0. The van der Waals surface area contributed by atoms with Crippen LogP contribution in [0.15, 0.2) is 66.9 Å². The van der Waals surface area contributed by atoms with Gasteiger partial charge in [-0.1, -0.05) is 113 Å². The van der Waals surface area contributed by atoms with Crippen molar-refractivity contribution in [3.8, 4) is 28.1 Å². The normalized spacial score (nSPS) is 10.9. The summed E-state index contributed by atoms with van der Waals surface area (Å²) < 4.78 is 5.94. The van der Waals surface area contributed by atoms with Gasteiger partial charge in [0.05, 0.1) is 12.3 Å². The average Bonchev–Trinajstić information content (AvgIpc) is 2.84. The van der Waals surface area contributed by atoms with Gasteiger partial charge in [0.15, 0.2) is 0 Å². The summed E-state index contributed by atoms with van der Waals surface area (Å²) in [4.78, 5) is 4.66. The molecule has 0 N–H and O–H groups in total. The van der Waals surface area contributed by atoms with Crippen LogP contribution in [0.25, 0.3) is 22.4 Å². The zero-order valence-electron chi connectivity index (χ0n) is 20.0. The van der Waals surface area contributed by atoms with Crippen molar-refractivity contribution in [2.24, 2.45) is 0 Å². The van der Waals surface area contributed by atoms with Crippen molar-refractivity contribution in [1.82, 2.24) is 4.98 Å². The van der Waals surface area contributed by atoms with Crippen LogP contribution in [0.1, 0.15) is 76.7 Å². The van der Waals surface area contributed by atoms with E-state index in [1.807, 2.05) is 6.20 Å². The molecule has 0 saturated carbocycles. The third kappa shape index (κ3) is 8.15. The van der Waals surface area contributed by atoms with Gasteiger partial charge in [-0.2, -0.15) is 0 Å². The SMILES string of the molecule is CCCCCCCCCCCCOc1ccc(-c2ccc(-c3ccc(C)cc3)nc2)cc1. The van der Waals surface area contributed by atoms with Crippen molar-refractivity contribution in [2.75, 3.05) is 6.61 Å². The maximum Gasteiger partial charge on any atom is 0.119 e. The smallest absolute Gasteiger partial charge is 0.119 e. The summed E-state index contributed by atoms with van der Waals surface area (Å²) in [7, 11) is 0. The highest BCUT2D eigenvalue weighted by Gasteiger charge is 2.03. The molecule has 0 aliphatic rings. The molecular formula is C30H39NO. The zero-order valence-corrected chi connectivity index (χ0v) is 20.0. The number of aromatic nitrogens is 1. The molecule has 0 aliphatic heterocycles. The monoisotopic (exact) mass is 429 g/mol. The molecule has 0 amide bonds. The Bertz CT molecular complexity index is 882. The summed E-state index contributed by atoms with van der Waals surface area (Å²) in [6.45, 7) is 5.19. The molecule has 2 aromatic carbocycles. The van der Waals surface area contributed by atoms with Gasteiger partial charge in [0.25, 0.3) is 0 Å². The van der Waals surface area contributed by atoms with E-state index in [-0.39, 0.29) is 0 Å². The standard InChI is InChI=1S/C30H39NO/c1-3-4-5-6-7-8-9-10-11-12-23-32-29-20-17-26(18-21-29)28-19-22-30(31-24-28)27-15-13-25(2)14-16-27/h13-22,24H,3-12,23H2,1-2H3. The van der Waals surface area contributed by atoms with Gasteiger partial charge in [-0.25, -0.2) is 0 Å². The zero-order chi connectivity index (χ0) is 22.4. The summed E-state index contributed by atoms with van der Waals surface area (Å²) in [5.41, 5.74) is 5.71. The third-order valence-electron chi connectivity index (χ3n) is 6.07. The van der Waals surface area contributed by atoms with Crippen LogP contribution in [0, 0.1) is 6.92 Å². The first-order chi connectivity index (χ1) is 15.8. The summed E-state index contributed by atoms with van der Waals surface area (Å²) in [5.74, 6) is 0.953. The number of rotatable bonds is 14. The summed E-state index contributed by atoms with van der Waals surface area (Å²) in [5, 5.41) is 0. The largest absolute Gasteiger partial charge is 0.494 e. The Labute approximate surface area is 195 Å². The third-order valence-corrected chi connectivity index (χ3v) is 6.07. The lowest BCUT2D eigenvalue weighted by atomic mass is 10.1. The van der Waals surface area contributed by atoms with Crippen LogP contribution in [0.3, 0.4) is 0 Å². The van der Waals surface area contributed by atoms with Crippen LogP contribution in [-0.2, 0) is 0 Å². The minimum absolute atomic E-state index is 0.808. The highest BCUT2D eigenvalue weighted by Crippen LogP contribution is 2.25. The number of ether oxygens (including phenoxy) is 1. The fourth-order valence-corrected chi connectivity index (χ4v) is 3.98. The van der Waals surface area contributed by atoms with Crippen molar-refractivity contribution in [3.05, 3.63) is 72.4 Å². The Morgan fingerprint density at radius 1 is 0.594 bits per heavy atom. The Balaban J connectivity index is 1.35. The molecule has 0 atom stereocenters. The molecule has 2 heteroatoms. The topological polar surface area (TPSA) is 22.1 Å². The van der Waals surface area contributed by atoms with Crippen molar-refractivity contribution in [2.45, 2.75) is 78.1 Å². The van der Waals surface area contributed by atoms with Gasteiger partial charge >= 0.3 is 0 Å². The van der Waals surface area contributed by atoms with E-state index in [1.54, 1.807) is 0 Å². The highest BCUT2D eigenvalue weighted by molar-refractivity contribution is 5.67. The Morgan fingerprint density at radius 2 is 1.16 bits per heavy atom. The molecule has 32 heavy (non-hydrogen) atoms. The maximum absolute atomic E-state index is 5.94. The fraction of sp³-hybridized carbons (Fsp3) is 0.433. The van der Waals surface area contributed by atoms with Crippen molar-refractivity contribution >= 4 is 0 Å². The average molecular weight is 430 g/mol. The van der Waals surface area contributed by atoms with Gasteiger partial charge in [-0.05, 0) is 37.1 Å². The predicted molar refractivity (Wildman–Crippen MR) is 137 cm³/mol. The predicted octanol–water partition coefficient (Wildman–Crippen LogP) is 9.02. The molecule has 0 unspecified atom stereocenters. The molecule has 0 spiro atoms. The van der Waals surface area contributed by atoms with E-state index in [9.17, 15) is 0 Å². The summed E-state index contributed by atoms with van der Waals surface area (Å²) in [6.07, 6.45) is 15.4. The lowest BCUT2D eigenvalue weighted by Gasteiger charge is -2.08. The molecule has 3 rings (SSSR count). The molecule has 0 bridgehead atoms. The fourth-order valence-electron chi connectivity index (χ4n) is 3.98. The minimum atomic E-state index is 0.808. The van der Waals surface area contributed by atoms with Crippen molar-refractivity contribution in [1.29, 1.82) is 0 Å². The lowest BCUT2D eigenvalue weighted by Crippen LogP contribution is -1.97. The number of nitrogens with zero attached hydrogens (tertiary/aromatic N) is 1. The molecule has 2 nitrogen and oxygen atoms in total. The van der Waals surface area contributed by atoms with E-state index >= 15 is 0 Å². The molecule has 170 valence electrons. The van der Waals surface area contributed by atoms with E-state index in [0.717, 1.165) is 35.6 Å². The van der Waals surface area contributed by atoms with Crippen molar-refractivity contribution in [3.63, 3.8) is 0 Å². The number of hydrogen-bond acceptors (Lipinski definition) is 2. The molecular weight excluding hydrogens is 390 g/mol. The Hall–Kier alpha value is -2.61. The first-order valence-corrected chi connectivity index (χ1v) is 12.5.